The van der Waals surface area contributed by atoms with Gasteiger partial charge in [0.05, 0.1) is 25.1 Å². The minimum absolute atomic E-state index is 0.838. The molecule has 0 unspecified atom stereocenters. The lowest BCUT2D eigenvalue weighted by atomic mass is 10.3. The summed E-state index contributed by atoms with van der Waals surface area (Å²) in [6.07, 6.45) is 3.35. The molecular formula is C28H28N2P2S2. The number of hydrogen-bond acceptors (Lipinski definition) is 4. The third-order valence-corrected chi connectivity index (χ3v) is 14.6. The van der Waals surface area contributed by atoms with Gasteiger partial charge in [-0.05, 0) is 34.9 Å². The standard InChI is InChI=1S/C28H28N2P2S2/c33-31(27-17-9-3-10-18-27)21-29(25-13-5-1-6-14-25)22-32(34,28-19-11-4-12-20-28)24-30(23-31)26-15-7-2-8-16-26/h1-20H,21-24H2. The molecule has 0 spiro atoms. The Morgan fingerprint density at radius 3 is 0.971 bits per heavy atom. The number of anilines is 2. The summed E-state index contributed by atoms with van der Waals surface area (Å²) in [6, 6.07) is 39.0. The number of rotatable bonds is 4. The molecule has 0 aromatic heterocycles. The minimum atomic E-state index is -1.97. The van der Waals surface area contributed by atoms with Crippen LogP contribution in [0.4, 0.5) is 11.4 Å². The molecule has 1 heterocycles. The van der Waals surface area contributed by atoms with Crippen LogP contribution in [0.25, 0.3) is 0 Å². The van der Waals surface area contributed by atoms with Crippen molar-refractivity contribution in [1.82, 2.24) is 0 Å². The monoisotopic (exact) mass is 518 g/mol. The topological polar surface area (TPSA) is 6.48 Å². The van der Waals surface area contributed by atoms with Crippen molar-refractivity contribution in [3.8, 4) is 0 Å². The fourth-order valence-electron chi connectivity index (χ4n) is 4.61. The van der Waals surface area contributed by atoms with Gasteiger partial charge in [-0.25, -0.2) is 0 Å². The Morgan fingerprint density at radius 1 is 0.412 bits per heavy atom. The zero-order valence-corrected chi connectivity index (χ0v) is 22.4. The first-order valence-electron chi connectivity index (χ1n) is 11.4. The molecule has 2 nitrogen and oxygen atoms in total. The van der Waals surface area contributed by atoms with Crippen molar-refractivity contribution in [2.24, 2.45) is 0 Å². The lowest BCUT2D eigenvalue weighted by molar-refractivity contribution is 0.983. The molecule has 0 aliphatic carbocycles. The summed E-state index contributed by atoms with van der Waals surface area (Å²) in [7, 11) is 0. The SMILES string of the molecule is S=P1(c2ccccc2)CN(c2ccccc2)CP(=S)(c2ccccc2)CN(c2ccccc2)C1. The van der Waals surface area contributed by atoms with Gasteiger partial charge in [-0.1, -0.05) is 121 Å². The van der Waals surface area contributed by atoms with Crippen LogP contribution in [-0.4, -0.2) is 25.1 Å². The molecule has 0 N–H and O–H groups in total. The zero-order chi connectivity index (χ0) is 23.4. The maximum Gasteiger partial charge on any atom is 0.0527 e. The maximum atomic E-state index is 6.62. The Hall–Kier alpha value is -2.22. The Morgan fingerprint density at radius 2 is 0.676 bits per heavy atom. The molecule has 5 rings (SSSR count). The van der Waals surface area contributed by atoms with Crippen molar-refractivity contribution in [2.45, 2.75) is 0 Å². The predicted octanol–water partition coefficient (Wildman–Crippen LogP) is 6.45. The van der Waals surface area contributed by atoms with E-state index in [1.54, 1.807) is 0 Å². The van der Waals surface area contributed by atoms with Gasteiger partial charge in [-0.3, -0.25) is 0 Å². The van der Waals surface area contributed by atoms with Gasteiger partial charge in [0.1, 0.15) is 0 Å². The van der Waals surface area contributed by atoms with Crippen molar-refractivity contribution in [2.75, 3.05) is 34.9 Å². The summed E-state index contributed by atoms with van der Waals surface area (Å²) < 4.78 is 0. The van der Waals surface area contributed by atoms with Crippen LogP contribution in [0.15, 0.2) is 121 Å². The molecule has 4 aromatic carbocycles. The Labute approximate surface area is 213 Å². The molecule has 172 valence electrons. The number of hydrogen-bond donors (Lipinski definition) is 0. The first-order chi connectivity index (χ1) is 16.6. The quantitative estimate of drug-likeness (QED) is 0.286. The van der Waals surface area contributed by atoms with Crippen LogP contribution >= 0.6 is 12.1 Å². The normalized spacial score (nSPS) is 23.2. The van der Waals surface area contributed by atoms with Crippen molar-refractivity contribution in [3.05, 3.63) is 121 Å². The average Bonchev–Trinajstić information content (AvgIpc) is 2.89. The second-order valence-corrected chi connectivity index (χ2v) is 18.7. The van der Waals surface area contributed by atoms with Crippen LogP contribution < -0.4 is 20.4 Å². The van der Waals surface area contributed by atoms with E-state index in [4.69, 9.17) is 23.6 Å². The molecule has 0 radical (unpaired) electrons. The van der Waals surface area contributed by atoms with E-state index in [1.807, 2.05) is 0 Å². The fourth-order valence-corrected chi connectivity index (χ4v) is 12.9. The van der Waals surface area contributed by atoms with Gasteiger partial charge in [-0.2, -0.15) is 0 Å². The lowest BCUT2D eigenvalue weighted by Crippen LogP contribution is -2.40. The van der Waals surface area contributed by atoms with E-state index in [0.29, 0.717) is 0 Å². The summed E-state index contributed by atoms with van der Waals surface area (Å²) in [5, 5.41) is 2.59. The summed E-state index contributed by atoms with van der Waals surface area (Å²) in [6.45, 7) is 0. The summed E-state index contributed by atoms with van der Waals surface area (Å²) in [4.78, 5) is 5.01. The van der Waals surface area contributed by atoms with Crippen LogP contribution in [0.2, 0.25) is 0 Å². The van der Waals surface area contributed by atoms with E-state index in [1.165, 1.54) is 22.0 Å². The largest absolute Gasteiger partial charge is 0.361 e. The highest BCUT2D eigenvalue weighted by Crippen LogP contribution is 2.56. The predicted molar refractivity (Wildman–Crippen MR) is 158 cm³/mol. The molecule has 1 saturated heterocycles. The van der Waals surface area contributed by atoms with Gasteiger partial charge in [0, 0.05) is 23.5 Å². The van der Waals surface area contributed by atoms with Gasteiger partial charge in [0.2, 0.25) is 0 Å². The van der Waals surface area contributed by atoms with E-state index < -0.39 is 12.1 Å². The number of para-hydroxylation sites is 2. The fraction of sp³-hybridized carbons (Fsp3) is 0.143. The second kappa shape index (κ2) is 10.2. The van der Waals surface area contributed by atoms with Gasteiger partial charge >= 0.3 is 0 Å². The minimum Gasteiger partial charge on any atom is -0.361 e. The molecule has 1 fully saturated rings. The van der Waals surface area contributed by atoms with E-state index in [0.717, 1.165) is 25.1 Å². The summed E-state index contributed by atoms with van der Waals surface area (Å²) in [5.41, 5.74) is 2.43. The Bertz CT molecular complexity index is 1190. The highest BCUT2D eigenvalue weighted by Gasteiger charge is 2.35. The zero-order valence-electron chi connectivity index (χ0n) is 19.0. The smallest absolute Gasteiger partial charge is 0.0527 e. The second-order valence-electron chi connectivity index (χ2n) is 8.77. The molecule has 1 aliphatic rings. The third-order valence-electron chi connectivity index (χ3n) is 6.29. The summed E-state index contributed by atoms with van der Waals surface area (Å²) in [5.74, 6) is 0. The molecule has 34 heavy (non-hydrogen) atoms. The van der Waals surface area contributed by atoms with E-state index >= 15 is 0 Å². The molecule has 1 aliphatic heterocycles. The van der Waals surface area contributed by atoms with Crippen LogP contribution in [0.3, 0.4) is 0 Å². The van der Waals surface area contributed by atoms with Gasteiger partial charge in [0.15, 0.2) is 0 Å². The van der Waals surface area contributed by atoms with Gasteiger partial charge < -0.3 is 9.80 Å². The Kier molecular flexibility index (Phi) is 7.04. The maximum absolute atomic E-state index is 6.62. The van der Waals surface area contributed by atoms with Crippen LogP contribution in [0.5, 0.6) is 0 Å². The van der Waals surface area contributed by atoms with Crippen LogP contribution in [0, 0.1) is 0 Å². The van der Waals surface area contributed by atoms with Crippen LogP contribution in [0.1, 0.15) is 0 Å². The van der Waals surface area contributed by atoms with E-state index in [9.17, 15) is 0 Å². The Balaban J connectivity index is 1.65. The molecule has 0 amide bonds. The van der Waals surface area contributed by atoms with Crippen molar-refractivity contribution in [3.63, 3.8) is 0 Å². The number of nitrogens with zero attached hydrogens (tertiary/aromatic N) is 2. The van der Waals surface area contributed by atoms with Gasteiger partial charge in [0.25, 0.3) is 0 Å². The molecule has 6 heteroatoms. The molecular weight excluding hydrogens is 490 g/mol. The molecule has 4 aromatic rings. The highest BCUT2D eigenvalue weighted by molar-refractivity contribution is 8.19. The molecule has 0 atom stereocenters. The lowest BCUT2D eigenvalue weighted by Gasteiger charge is -2.44. The van der Waals surface area contributed by atoms with Crippen molar-refractivity contribution >= 4 is 57.7 Å². The van der Waals surface area contributed by atoms with Crippen LogP contribution in [-0.2, 0) is 23.6 Å². The summed E-state index contributed by atoms with van der Waals surface area (Å²) >= 11 is 13.2. The van der Waals surface area contributed by atoms with E-state index in [2.05, 4.69) is 131 Å². The number of benzene rings is 4. The van der Waals surface area contributed by atoms with E-state index in [-0.39, 0.29) is 0 Å². The third kappa shape index (κ3) is 5.07. The van der Waals surface area contributed by atoms with Crippen molar-refractivity contribution in [1.29, 1.82) is 0 Å². The van der Waals surface area contributed by atoms with Crippen molar-refractivity contribution < 1.29 is 0 Å². The first kappa shape index (κ1) is 23.5. The molecule has 0 bridgehead atoms. The molecule has 0 saturated carbocycles. The first-order valence-corrected chi connectivity index (χ1v) is 17.8. The van der Waals surface area contributed by atoms with Gasteiger partial charge in [-0.15, -0.1) is 0 Å². The average molecular weight is 519 g/mol. The highest BCUT2D eigenvalue weighted by atomic mass is 32.4.